The van der Waals surface area contributed by atoms with E-state index in [4.69, 9.17) is 4.74 Å². The molecular weight excluding hydrogens is 256 g/mol. The summed E-state index contributed by atoms with van der Waals surface area (Å²) < 4.78 is 5.53. The molecule has 0 spiro atoms. The second-order valence-corrected chi connectivity index (χ2v) is 6.63. The molecule has 2 amide bonds. The number of nitrogens with one attached hydrogen (secondary N) is 1. The van der Waals surface area contributed by atoms with Gasteiger partial charge in [0.15, 0.2) is 0 Å². The number of amides is 2. The second kappa shape index (κ2) is 4.72. The number of ether oxygens (including phenoxy) is 1. The molecule has 2 aliphatic carbocycles. The van der Waals surface area contributed by atoms with Gasteiger partial charge >= 0.3 is 0 Å². The molecule has 0 radical (unpaired) electrons. The van der Waals surface area contributed by atoms with E-state index in [0.717, 1.165) is 32.1 Å². The largest absolute Gasteiger partial charge is 0.379 e. The van der Waals surface area contributed by atoms with Crippen LogP contribution >= 0.6 is 0 Å². The molecular formula is C15H24N2O3. The Labute approximate surface area is 120 Å². The zero-order valence-electron chi connectivity index (χ0n) is 12.5. The highest BCUT2D eigenvalue weighted by Gasteiger charge is 2.56. The first-order valence-electron chi connectivity index (χ1n) is 7.66. The monoisotopic (exact) mass is 280 g/mol. The molecule has 3 aliphatic rings. The fourth-order valence-corrected chi connectivity index (χ4v) is 3.86. The summed E-state index contributed by atoms with van der Waals surface area (Å²) in [4.78, 5) is 27.1. The molecule has 112 valence electrons. The lowest BCUT2D eigenvalue weighted by Crippen LogP contribution is -2.72. The molecule has 0 aromatic rings. The van der Waals surface area contributed by atoms with Crippen LogP contribution in [0.15, 0.2) is 0 Å². The van der Waals surface area contributed by atoms with E-state index < -0.39 is 11.6 Å². The molecule has 0 bridgehead atoms. The fraction of sp³-hybridized carbons (Fsp3) is 0.867. The van der Waals surface area contributed by atoms with Crippen molar-refractivity contribution >= 4 is 11.8 Å². The molecule has 3 fully saturated rings. The van der Waals surface area contributed by atoms with Crippen molar-refractivity contribution in [2.24, 2.45) is 5.92 Å². The van der Waals surface area contributed by atoms with Crippen molar-refractivity contribution in [2.45, 2.75) is 69.7 Å². The Bertz CT molecular complexity index is 435. The number of rotatable bonds is 3. The van der Waals surface area contributed by atoms with E-state index in [9.17, 15) is 9.59 Å². The average Bonchev–Trinajstić information content (AvgIpc) is 3.18. The van der Waals surface area contributed by atoms with Gasteiger partial charge in [-0.05, 0) is 51.9 Å². The summed E-state index contributed by atoms with van der Waals surface area (Å²) in [5, 5.41) is 2.97. The third-order valence-corrected chi connectivity index (χ3v) is 5.33. The summed E-state index contributed by atoms with van der Waals surface area (Å²) in [6.45, 7) is 3.71. The number of methoxy groups -OCH3 is 1. The van der Waals surface area contributed by atoms with Gasteiger partial charge in [-0.2, -0.15) is 0 Å². The van der Waals surface area contributed by atoms with Crippen LogP contribution in [-0.2, 0) is 14.3 Å². The quantitative estimate of drug-likeness (QED) is 0.841. The molecule has 2 saturated carbocycles. The maximum atomic E-state index is 13.0. The minimum atomic E-state index is -0.704. The van der Waals surface area contributed by atoms with Crippen LogP contribution in [0.5, 0.6) is 0 Å². The molecule has 3 rings (SSSR count). The summed E-state index contributed by atoms with van der Waals surface area (Å²) in [5.74, 6) is 0.359. The Morgan fingerprint density at radius 3 is 2.55 bits per heavy atom. The van der Waals surface area contributed by atoms with E-state index in [0.29, 0.717) is 5.92 Å². The molecule has 1 heterocycles. The summed E-state index contributed by atoms with van der Waals surface area (Å²) in [6, 6.07) is -0.346. The normalized spacial score (nSPS) is 42.0. The van der Waals surface area contributed by atoms with Crippen molar-refractivity contribution in [3.8, 4) is 0 Å². The first-order valence-corrected chi connectivity index (χ1v) is 7.66. The minimum absolute atomic E-state index is 0.0271. The zero-order valence-corrected chi connectivity index (χ0v) is 12.5. The van der Waals surface area contributed by atoms with Crippen LogP contribution in [0, 0.1) is 5.92 Å². The Hall–Kier alpha value is -1.10. The SMILES string of the molecule is COC1CCCC1N1C(=O)C(C)(C2CC2)NC(=O)C1C. The van der Waals surface area contributed by atoms with Gasteiger partial charge in [-0.15, -0.1) is 0 Å². The third kappa shape index (κ3) is 1.94. The lowest BCUT2D eigenvalue weighted by molar-refractivity contribution is -0.160. The topological polar surface area (TPSA) is 58.6 Å². The summed E-state index contributed by atoms with van der Waals surface area (Å²) in [7, 11) is 1.70. The van der Waals surface area contributed by atoms with Crippen LogP contribution in [0.25, 0.3) is 0 Å². The number of hydrogen-bond donors (Lipinski definition) is 1. The van der Waals surface area contributed by atoms with E-state index in [2.05, 4.69) is 5.32 Å². The van der Waals surface area contributed by atoms with Gasteiger partial charge in [-0.1, -0.05) is 0 Å². The van der Waals surface area contributed by atoms with Gasteiger partial charge in [-0.3, -0.25) is 9.59 Å². The van der Waals surface area contributed by atoms with Crippen molar-refractivity contribution in [3.05, 3.63) is 0 Å². The number of nitrogens with zero attached hydrogens (tertiary/aromatic N) is 1. The van der Waals surface area contributed by atoms with E-state index >= 15 is 0 Å². The van der Waals surface area contributed by atoms with Crippen molar-refractivity contribution in [1.82, 2.24) is 10.2 Å². The summed E-state index contributed by atoms with van der Waals surface area (Å²) in [6.07, 6.45) is 5.09. The van der Waals surface area contributed by atoms with Crippen molar-refractivity contribution in [2.75, 3.05) is 7.11 Å². The Morgan fingerprint density at radius 1 is 1.25 bits per heavy atom. The van der Waals surface area contributed by atoms with Gasteiger partial charge in [0.25, 0.3) is 0 Å². The number of carbonyl (C=O) groups is 2. The van der Waals surface area contributed by atoms with Gasteiger partial charge in [-0.25, -0.2) is 0 Å². The summed E-state index contributed by atoms with van der Waals surface area (Å²) >= 11 is 0. The Morgan fingerprint density at radius 2 is 1.95 bits per heavy atom. The second-order valence-electron chi connectivity index (χ2n) is 6.63. The van der Waals surface area contributed by atoms with Crippen LogP contribution in [-0.4, -0.2) is 47.6 Å². The van der Waals surface area contributed by atoms with Gasteiger partial charge in [0.2, 0.25) is 11.8 Å². The van der Waals surface area contributed by atoms with E-state index in [1.54, 1.807) is 7.11 Å². The lowest BCUT2D eigenvalue weighted by Gasteiger charge is -2.47. The summed E-state index contributed by atoms with van der Waals surface area (Å²) in [5.41, 5.74) is -0.704. The number of hydrogen-bond acceptors (Lipinski definition) is 3. The Balaban J connectivity index is 1.90. The molecule has 5 heteroatoms. The highest BCUT2D eigenvalue weighted by Crippen LogP contribution is 2.43. The van der Waals surface area contributed by atoms with Crippen molar-refractivity contribution in [1.29, 1.82) is 0 Å². The number of piperazine rings is 1. The molecule has 20 heavy (non-hydrogen) atoms. The van der Waals surface area contributed by atoms with Crippen LogP contribution in [0.2, 0.25) is 0 Å². The predicted molar refractivity (Wildman–Crippen MR) is 74.0 cm³/mol. The minimum Gasteiger partial charge on any atom is -0.379 e. The maximum absolute atomic E-state index is 13.0. The third-order valence-electron chi connectivity index (χ3n) is 5.33. The smallest absolute Gasteiger partial charge is 0.249 e. The molecule has 1 N–H and O–H groups in total. The first kappa shape index (κ1) is 13.9. The van der Waals surface area contributed by atoms with Crippen LogP contribution in [0.1, 0.15) is 46.0 Å². The molecule has 4 atom stereocenters. The highest BCUT2D eigenvalue weighted by atomic mass is 16.5. The van der Waals surface area contributed by atoms with Gasteiger partial charge in [0.1, 0.15) is 11.6 Å². The van der Waals surface area contributed by atoms with Crippen LogP contribution in [0.3, 0.4) is 0 Å². The standard InChI is InChI=1S/C15H24N2O3/c1-9-13(18)16-15(2,10-7-8-10)14(19)17(9)11-5-4-6-12(11)20-3/h9-12H,4-8H2,1-3H3,(H,16,18). The van der Waals surface area contributed by atoms with Gasteiger partial charge in [0, 0.05) is 7.11 Å². The van der Waals surface area contributed by atoms with Crippen molar-refractivity contribution in [3.63, 3.8) is 0 Å². The van der Waals surface area contributed by atoms with Gasteiger partial charge in [0.05, 0.1) is 12.1 Å². The van der Waals surface area contributed by atoms with E-state index in [1.165, 1.54) is 0 Å². The Kier molecular flexibility index (Phi) is 3.27. The molecule has 5 nitrogen and oxygen atoms in total. The van der Waals surface area contributed by atoms with Crippen LogP contribution < -0.4 is 5.32 Å². The molecule has 0 aromatic heterocycles. The van der Waals surface area contributed by atoms with Gasteiger partial charge < -0.3 is 15.0 Å². The first-order chi connectivity index (χ1) is 9.49. The average molecular weight is 280 g/mol. The van der Waals surface area contributed by atoms with E-state index in [1.807, 2.05) is 18.7 Å². The number of carbonyl (C=O) groups excluding carboxylic acids is 2. The predicted octanol–water partition coefficient (Wildman–Crippen LogP) is 1.07. The van der Waals surface area contributed by atoms with Crippen LogP contribution in [0.4, 0.5) is 0 Å². The molecule has 1 saturated heterocycles. The molecule has 0 aromatic carbocycles. The van der Waals surface area contributed by atoms with Crippen molar-refractivity contribution < 1.29 is 14.3 Å². The highest BCUT2D eigenvalue weighted by molar-refractivity contribution is 6.00. The molecule has 4 unspecified atom stereocenters. The fourth-order valence-electron chi connectivity index (χ4n) is 3.86. The van der Waals surface area contributed by atoms with E-state index in [-0.39, 0.29) is 24.0 Å². The molecule has 1 aliphatic heterocycles. The lowest BCUT2D eigenvalue weighted by atomic mass is 9.88. The maximum Gasteiger partial charge on any atom is 0.249 e. The zero-order chi connectivity index (χ0) is 14.5.